The summed E-state index contributed by atoms with van der Waals surface area (Å²) in [7, 11) is 0. The lowest BCUT2D eigenvalue weighted by Crippen LogP contribution is -2.46. The molecule has 0 unspecified atom stereocenters. The summed E-state index contributed by atoms with van der Waals surface area (Å²) in [6.45, 7) is 2.25. The van der Waals surface area contributed by atoms with E-state index in [1.54, 1.807) is 11.1 Å². The third-order valence-electron chi connectivity index (χ3n) is 5.68. The fourth-order valence-corrected chi connectivity index (χ4v) is 5.45. The predicted octanol–water partition coefficient (Wildman–Crippen LogP) is 4.68. The number of thiazole rings is 1. The minimum atomic E-state index is 0.676. The first-order valence-corrected chi connectivity index (χ1v) is 9.82. The van der Waals surface area contributed by atoms with Gasteiger partial charge in [-0.05, 0) is 54.9 Å². The van der Waals surface area contributed by atoms with Crippen LogP contribution in [-0.2, 0) is 19.4 Å². The maximum Gasteiger partial charge on any atom is 0.108 e. The van der Waals surface area contributed by atoms with Crippen LogP contribution in [0.15, 0.2) is 48.5 Å². The second-order valence-electron chi connectivity index (χ2n) is 7.28. The average Bonchev–Trinajstić information content (AvgIpc) is 2.98. The summed E-state index contributed by atoms with van der Waals surface area (Å²) in [4.78, 5) is 7.58. The van der Waals surface area contributed by atoms with Crippen LogP contribution < -0.4 is 0 Å². The highest BCUT2D eigenvalue weighted by Gasteiger charge is 2.32. The third kappa shape index (κ3) is 2.66. The Hall–Kier alpha value is -1.71. The monoisotopic (exact) mass is 334 g/mol. The fraction of sp³-hybridized carbons (Fsp3) is 0.381. The topological polar surface area (TPSA) is 16.1 Å². The van der Waals surface area contributed by atoms with E-state index in [4.69, 9.17) is 4.98 Å². The van der Waals surface area contributed by atoms with E-state index >= 15 is 0 Å². The molecule has 24 heavy (non-hydrogen) atoms. The second-order valence-corrected chi connectivity index (χ2v) is 8.39. The Kier molecular flexibility index (Phi) is 3.64. The first kappa shape index (κ1) is 14.6. The van der Waals surface area contributed by atoms with Gasteiger partial charge in [-0.15, -0.1) is 11.3 Å². The highest BCUT2D eigenvalue weighted by atomic mass is 32.1. The van der Waals surface area contributed by atoms with Gasteiger partial charge in [0, 0.05) is 12.6 Å². The van der Waals surface area contributed by atoms with Crippen molar-refractivity contribution in [1.82, 2.24) is 9.88 Å². The summed E-state index contributed by atoms with van der Waals surface area (Å²) in [5.41, 5.74) is 4.31. The average molecular weight is 334 g/mol. The molecule has 2 bridgehead atoms. The van der Waals surface area contributed by atoms with Gasteiger partial charge in [0.1, 0.15) is 5.01 Å². The molecule has 0 N–H and O–H groups in total. The molecule has 3 heterocycles. The number of rotatable bonds is 2. The molecule has 0 saturated carbocycles. The number of hydrogen-bond acceptors (Lipinski definition) is 3. The van der Waals surface area contributed by atoms with E-state index in [-0.39, 0.29) is 0 Å². The van der Waals surface area contributed by atoms with Crippen molar-refractivity contribution in [1.29, 1.82) is 0 Å². The van der Waals surface area contributed by atoms with E-state index in [0.29, 0.717) is 6.04 Å². The van der Waals surface area contributed by atoms with Gasteiger partial charge in [0.25, 0.3) is 0 Å². The van der Waals surface area contributed by atoms with Crippen LogP contribution in [0.25, 0.3) is 10.2 Å². The Morgan fingerprint density at radius 1 is 0.958 bits per heavy atom. The first-order valence-electron chi connectivity index (χ1n) is 9.00. The summed E-state index contributed by atoms with van der Waals surface area (Å²) < 4.78 is 1.31. The fourth-order valence-electron chi connectivity index (χ4n) is 4.46. The minimum absolute atomic E-state index is 0.676. The van der Waals surface area contributed by atoms with Crippen LogP contribution >= 0.6 is 11.3 Å². The van der Waals surface area contributed by atoms with Crippen LogP contribution in [0.3, 0.4) is 0 Å². The largest absolute Gasteiger partial charge is 0.293 e. The zero-order chi connectivity index (χ0) is 15.9. The van der Waals surface area contributed by atoms with Crippen molar-refractivity contribution in [2.75, 3.05) is 6.54 Å². The summed E-state index contributed by atoms with van der Waals surface area (Å²) in [5.74, 6) is 0.803. The Balaban J connectivity index is 1.43. The molecular formula is C21H22N2S. The number of hydrogen-bond donors (Lipinski definition) is 0. The van der Waals surface area contributed by atoms with Gasteiger partial charge in [0.15, 0.2) is 0 Å². The van der Waals surface area contributed by atoms with Crippen LogP contribution in [0.4, 0.5) is 0 Å². The van der Waals surface area contributed by atoms with Gasteiger partial charge < -0.3 is 0 Å². The van der Waals surface area contributed by atoms with Crippen molar-refractivity contribution in [3.05, 3.63) is 64.7 Å². The number of benzene rings is 2. The predicted molar refractivity (Wildman–Crippen MR) is 100 cm³/mol. The van der Waals surface area contributed by atoms with E-state index in [0.717, 1.165) is 18.0 Å². The summed E-state index contributed by atoms with van der Waals surface area (Å²) in [6, 6.07) is 18.3. The molecule has 1 aromatic heterocycles. The van der Waals surface area contributed by atoms with Gasteiger partial charge in [-0.3, -0.25) is 4.90 Å². The number of fused-ring (bicyclic) bond motifs is 3. The van der Waals surface area contributed by atoms with E-state index in [1.165, 1.54) is 41.9 Å². The second kappa shape index (κ2) is 5.98. The molecular weight excluding hydrogens is 312 g/mol. The maximum atomic E-state index is 4.87. The first-order chi connectivity index (χ1) is 11.8. The normalized spacial score (nSPS) is 23.8. The lowest BCUT2D eigenvalue weighted by molar-refractivity contribution is 0.0938. The third-order valence-corrected chi connectivity index (χ3v) is 6.70. The van der Waals surface area contributed by atoms with Crippen LogP contribution in [0, 0.1) is 5.92 Å². The van der Waals surface area contributed by atoms with Crippen molar-refractivity contribution < 1.29 is 0 Å². The Morgan fingerprint density at radius 3 is 2.62 bits per heavy atom. The molecule has 2 aliphatic heterocycles. The Morgan fingerprint density at radius 2 is 1.75 bits per heavy atom. The van der Waals surface area contributed by atoms with Crippen molar-refractivity contribution in [3.8, 4) is 0 Å². The van der Waals surface area contributed by atoms with Gasteiger partial charge in [-0.25, -0.2) is 4.98 Å². The van der Waals surface area contributed by atoms with E-state index in [1.807, 2.05) is 11.3 Å². The lowest BCUT2D eigenvalue weighted by atomic mass is 9.80. The molecule has 3 heteroatoms. The van der Waals surface area contributed by atoms with Crippen LogP contribution in [0.1, 0.15) is 29.0 Å². The molecule has 2 aromatic carbocycles. The minimum Gasteiger partial charge on any atom is -0.293 e. The molecule has 1 fully saturated rings. The van der Waals surface area contributed by atoms with Crippen molar-refractivity contribution in [2.45, 2.75) is 38.3 Å². The van der Waals surface area contributed by atoms with Crippen molar-refractivity contribution >= 4 is 21.6 Å². The van der Waals surface area contributed by atoms with Gasteiger partial charge in [0.2, 0.25) is 0 Å². The van der Waals surface area contributed by atoms with E-state index in [2.05, 4.69) is 53.4 Å². The number of para-hydroxylation sites is 1. The molecule has 122 valence electrons. The Bertz CT molecular complexity index is 836. The molecule has 2 nitrogen and oxygen atoms in total. The molecule has 3 aliphatic rings. The quantitative estimate of drug-likeness (QED) is 0.677. The van der Waals surface area contributed by atoms with Crippen LogP contribution in [0.5, 0.6) is 0 Å². The molecule has 0 spiro atoms. The highest BCUT2D eigenvalue weighted by molar-refractivity contribution is 7.18. The molecule has 1 aliphatic carbocycles. The summed E-state index contributed by atoms with van der Waals surface area (Å²) in [5, 5.41) is 1.27. The van der Waals surface area contributed by atoms with Crippen molar-refractivity contribution in [2.24, 2.45) is 5.92 Å². The standard InChI is InChI=1S/C21H22N2S/c1-2-6-17-12-18-10-9-15(11-16(17)5-1)13-23(18)14-21-22-19-7-3-4-8-20(19)24-21/h1-8,15,18H,9-14H2/t15-,18+/m0/s1. The smallest absolute Gasteiger partial charge is 0.108 e. The lowest BCUT2D eigenvalue weighted by Gasteiger charge is -2.42. The van der Waals surface area contributed by atoms with Crippen LogP contribution in [-0.4, -0.2) is 22.5 Å². The van der Waals surface area contributed by atoms with E-state index in [9.17, 15) is 0 Å². The van der Waals surface area contributed by atoms with Gasteiger partial charge in [-0.1, -0.05) is 36.4 Å². The van der Waals surface area contributed by atoms with Gasteiger partial charge in [-0.2, -0.15) is 0 Å². The number of nitrogens with zero attached hydrogens (tertiary/aromatic N) is 2. The zero-order valence-electron chi connectivity index (χ0n) is 13.8. The van der Waals surface area contributed by atoms with Crippen molar-refractivity contribution in [3.63, 3.8) is 0 Å². The van der Waals surface area contributed by atoms with Gasteiger partial charge in [0.05, 0.1) is 16.8 Å². The molecule has 6 rings (SSSR count). The van der Waals surface area contributed by atoms with Gasteiger partial charge >= 0.3 is 0 Å². The van der Waals surface area contributed by atoms with E-state index < -0.39 is 0 Å². The molecule has 3 aromatic rings. The molecule has 2 atom stereocenters. The molecule has 0 radical (unpaired) electrons. The number of aromatic nitrogens is 1. The summed E-state index contributed by atoms with van der Waals surface area (Å²) in [6.07, 6.45) is 5.17. The molecule has 1 saturated heterocycles. The summed E-state index contributed by atoms with van der Waals surface area (Å²) >= 11 is 1.86. The number of piperidine rings is 1. The highest BCUT2D eigenvalue weighted by Crippen LogP contribution is 2.34. The zero-order valence-corrected chi connectivity index (χ0v) is 14.6. The Labute approximate surface area is 147 Å². The van der Waals surface area contributed by atoms with Crippen LogP contribution in [0.2, 0.25) is 0 Å². The molecule has 0 amide bonds. The maximum absolute atomic E-state index is 4.87. The SMILES string of the molecule is c1ccc2c(c1)C[C@@H]1CC[C@H](C2)N(Cc2nc3ccccc3s2)C1.